The Morgan fingerprint density at radius 3 is 0.778 bits per heavy atom. The normalized spacial score (nSPS) is 11.8. The van der Waals surface area contributed by atoms with Gasteiger partial charge in [-0.15, -0.1) is 0 Å². The minimum Gasteiger partial charge on any atom is -0.421 e. The molecule has 63 heavy (non-hydrogen) atoms. The molecule has 0 saturated heterocycles. The molecule has 0 bridgehead atoms. The van der Waals surface area contributed by atoms with Crippen LogP contribution in [0.1, 0.15) is 110 Å². The fourth-order valence-corrected chi connectivity index (χ4v) is 6.74. The Morgan fingerprint density at radius 1 is 0.349 bits per heavy atom. The summed E-state index contributed by atoms with van der Waals surface area (Å²) in [6.07, 6.45) is 4.34. The molecular weight excluding hydrogens is 787 g/mol. The van der Waals surface area contributed by atoms with Crippen molar-refractivity contribution in [2.45, 2.75) is 78.6 Å². The number of benzene rings is 4. The molecule has 0 aliphatic rings. The van der Waals surface area contributed by atoms with Crippen LogP contribution in [0.15, 0.2) is 146 Å². The second-order valence-electron chi connectivity index (χ2n) is 18.6. The second-order valence-corrected chi connectivity index (χ2v) is 18.6. The summed E-state index contributed by atoms with van der Waals surface area (Å²) in [7, 11) is 0. The van der Waals surface area contributed by atoms with Crippen LogP contribution in [0.3, 0.4) is 0 Å². The summed E-state index contributed by atoms with van der Waals surface area (Å²) < 4.78 is 17.1. The molecule has 0 aliphatic heterocycles. The zero-order chi connectivity index (χ0) is 45.1. The highest BCUT2D eigenvalue weighted by Crippen LogP contribution is 2.30. The standard InChI is InChI=1S/C54H51N3O6/c1-52(2,3)40-16-10-34(11-17-40)46-25-22-43(31-55-46)61-49(58)37-28-38(50(59)62-44-23-26-47(56-32-44)35-12-18-41(19-13-35)53(4,5)6)30-39(29-37)51(60)63-45-24-27-48(57-33-45)36-14-20-42(21-15-36)54(7,8)9/h10-33H,1-9H3. The van der Waals surface area contributed by atoms with Gasteiger partial charge in [0.05, 0.1) is 52.4 Å². The largest absolute Gasteiger partial charge is 0.421 e. The van der Waals surface area contributed by atoms with Crippen molar-refractivity contribution in [1.29, 1.82) is 0 Å². The van der Waals surface area contributed by atoms with Crippen molar-refractivity contribution in [2.24, 2.45) is 0 Å². The number of carbonyl (C=O) groups is 3. The number of carbonyl (C=O) groups excluding carboxylic acids is 3. The molecule has 0 amide bonds. The molecule has 0 atom stereocenters. The topological polar surface area (TPSA) is 118 Å². The van der Waals surface area contributed by atoms with Crippen LogP contribution < -0.4 is 14.2 Å². The third-order valence-corrected chi connectivity index (χ3v) is 10.6. The van der Waals surface area contributed by atoms with Gasteiger partial charge in [0.25, 0.3) is 0 Å². The number of esters is 3. The van der Waals surface area contributed by atoms with E-state index in [2.05, 4.69) is 114 Å². The van der Waals surface area contributed by atoms with E-state index in [9.17, 15) is 14.4 Å². The SMILES string of the molecule is CC(C)(C)c1ccc(-c2ccc(OC(=O)c3cc(C(=O)Oc4ccc(-c5ccc(C(C)(C)C)cc5)nc4)cc(C(=O)Oc4ccc(-c5ccc(C(C)(C)C)cc5)nc4)c3)cn2)cc1. The molecule has 7 aromatic rings. The number of pyridine rings is 3. The first-order valence-electron chi connectivity index (χ1n) is 20.8. The molecule has 318 valence electrons. The van der Waals surface area contributed by atoms with Crippen molar-refractivity contribution in [3.8, 4) is 51.0 Å². The maximum Gasteiger partial charge on any atom is 0.343 e. The lowest BCUT2D eigenvalue weighted by molar-refractivity contribution is 0.0734. The average Bonchev–Trinajstić information content (AvgIpc) is 3.26. The molecule has 0 aliphatic carbocycles. The van der Waals surface area contributed by atoms with Crippen LogP contribution in [0.2, 0.25) is 0 Å². The number of hydrogen-bond acceptors (Lipinski definition) is 9. The molecule has 0 fully saturated rings. The molecule has 4 aromatic carbocycles. The zero-order valence-corrected chi connectivity index (χ0v) is 37.1. The maximum absolute atomic E-state index is 13.7. The van der Waals surface area contributed by atoms with Crippen molar-refractivity contribution in [3.05, 3.63) is 179 Å². The monoisotopic (exact) mass is 837 g/mol. The van der Waals surface area contributed by atoms with Gasteiger partial charge in [-0.05, 0) is 87.5 Å². The molecule has 0 spiro atoms. The van der Waals surface area contributed by atoms with Crippen LogP contribution in [-0.2, 0) is 16.2 Å². The van der Waals surface area contributed by atoms with Crippen molar-refractivity contribution in [1.82, 2.24) is 15.0 Å². The van der Waals surface area contributed by atoms with Crippen LogP contribution in [0, 0.1) is 0 Å². The first-order chi connectivity index (χ1) is 29.8. The lowest BCUT2D eigenvalue weighted by atomic mass is 9.86. The van der Waals surface area contributed by atoms with Crippen LogP contribution in [-0.4, -0.2) is 32.9 Å². The Morgan fingerprint density at radius 2 is 0.587 bits per heavy atom. The van der Waals surface area contributed by atoms with Gasteiger partial charge in [0.2, 0.25) is 0 Å². The lowest BCUT2D eigenvalue weighted by Gasteiger charge is -2.19. The maximum atomic E-state index is 13.7. The van der Waals surface area contributed by atoms with Crippen LogP contribution in [0.25, 0.3) is 33.8 Å². The van der Waals surface area contributed by atoms with E-state index in [1.54, 1.807) is 36.4 Å². The van der Waals surface area contributed by atoms with Gasteiger partial charge in [0.15, 0.2) is 0 Å². The van der Waals surface area contributed by atoms with Crippen molar-refractivity contribution in [2.75, 3.05) is 0 Å². The molecule has 7 rings (SSSR count). The number of hydrogen-bond donors (Lipinski definition) is 0. The first-order valence-corrected chi connectivity index (χ1v) is 20.8. The summed E-state index contributed by atoms with van der Waals surface area (Å²) in [6.45, 7) is 19.4. The molecule has 9 nitrogen and oxygen atoms in total. The Hall–Kier alpha value is -7.26. The van der Waals surface area contributed by atoms with Crippen LogP contribution >= 0.6 is 0 Å². The van der Waals surface area contributed by atoms with E-state index in [0.29, 0.717) is 17.1 Å². The molecule has 0 saturated carbocycles. The third kappa shape index (κ3) is 10.8. The second kappa shape index (κ2) is 17.6. The Kier molecular flexibility index (Phi) is 12.3. The number of aromatic nitrogens is 3. The summed E-state index contributed by atoms with van der Waals surface area (Å²) in [5, 5.41) is 0. The fraction of sp³-hybridized carbons (Fsp3) is 0.222. The third-order valence-electron chi connectivity index (χ3n) is 10.6. The van der Waals surface area contributed by atoms with Crippen LogP contribution in [0.5, 0.6) is 17.2 Å². The van der Waals surface area contributed by atoms with E-state index in [1.807, 2.05) is 36.4 Å². The van der Waals surface area contributed by atoms with Gasteiger partial charge in [0.1, 0.15) is 17.2 Å². The molecule has 3 aromatic heterocycles. The van der Waals surface area contributed by atoms with Gasteiger partial charge in [-0.25, -0.2) is 14.4 Å². The molecule has 0 radical (unpaired) electrons. The summed E-state index contributed by atoms with van der Waals surface area (Å²) in [4.78, 5) is 54.6. The quantitative estimate of drug-likeness (QED) is 0.131. The van der Waals surface area contributed by atoms with Crippen molar-refractivity contribution in [3.63, 3.8) is 0 Å². The first kappa shape index (κ1) is 43.8. The number of nitrogens with zero attached hydrogens (tertiary/aromatic N) is 3. The van der Waals surface area contributed by atoms with E-state index < -0.39 is 17.9 Å². The molecule has 3 heterocycles. The van der Waals surface area contributed by atoms with Gasteiger partial charge in [0, 0.05) is 16.7 Å². The number of rotatable bonds is 9. The van der Waals surface area contributed by atoms with Gasteiger partial charge < -0.3 is 14.2 Å². The molecule has 0 unspecified atom stereocenters. The fourth-order valence-electron chi connectivity index (χ4n) is 6.74. The lowest BCUT2D eigenvalue weighted by Crippen LogP contribution is -2.17. The Labute approximate surface area is 369 Å². The highest BCUT2D eigenvalue weighted by Gasteiger charge is 2.22. The highest BCUT2D eigenvalue weighted by molar-refractivity contribution is 6.02. The Balaban J connectivity index is 1.11. The zero-order valence-electron chi connectivity index (χ0n) is 37.1. The molecule has 0 N–H and O–H groups in total. The molecule has 9 heteroatoms. The summed E-state index contributed by atoms with van der Waals surface area (Å²) in [5.41, 5.74) is 8.22. The molecular formula is C54H51N3O6. The van der Waals surface area contributed by atoms with Crippen molar-refractivity contribution >= 4 is 17.9 Å². The van der Waals surface area contributed by atoms with E-state index in [0.717, 1.165) is 16.7 Å². The van der Waals surface area contributed by atoms with E-state index >= 15 is 0 Å². The van der Waals surface area contributed by atoms with E-state index in [-0.39, 0.29) is 50.2 Å². The van der Waals surface area contributed by atoms with Gasteiger partial charge in [-0.2, -0.15) is 0 Å². The minimum absolute atomic E-state index is 0.0137. The predicted octanol–water partition coefficient (Wildman–Crippen LogP) is 12.4. The minimum atomic E-state index is -0.824. The van der Waals surface area contributed by atoms with Crippen molar-refractivity contribution < 1.29 is 28.6 Å². The summed E-state index contributed by atoms with van der Waals surface area (Å²) >= 11 is 0. The predicted molar refractivity (Wildman–Crippen MR) is 246 cm³/mol. The Bertz CT molecular complexity index is 2420. The van der Waals surface area contributed by atoms with Gasteiger partial charge >= 0.3 is 17.9 Å². The van der Waals surface area contributed by atoms with E-state index in [1.165, 1.54) is 53.5 Å². The van der Waals surface area contributed by atoms with E-state index in [4.69, 9.17) is 14.2 Å². The summed E-state index contributed by atoms with van der Waals surface area (Å²) in [6, 6.07) is 38.6. The highest BCUT2D eigenvalue weighted by atomic mass is 16.5. The summed E-state index contributed by atoms with van der Waals surface area (Å²) in [5.74, 6) is -1.96. The van der Waals surface area contributed by atoms with Gasteiger partial charge in [-0.3, -0.25) is 15.0 Å². The van der Waals surface area contributed by atoms with Gasteiger partial charge in [-0.1, -0.05) is 135 Å². The number of ether oxygens (including phenoxy) is 3. The smallest absolute Gasteiger partial charge is 0.343 e. The average molecular weight is 838 g/mol. The van der Waals surface area contributed by atoms with Crippen LogP contribution in [0.4, 0.5) is 0 Å².